The minimum atomic E-state index is 0.0490. The summed E-state index contributed by atoms with van der Waals surface area (Å²) in [5, 5.41) is 0. The van der Waals surface area contributed by atoms with Crippen molar-refractivity contribution < 1.29 is 4.74 Å². The van der Waals surface area contributed by atoms with E-state index in [-0.39, 0.29) is 12.1 Å². The van der Waals surface area contributed by atoms with Crippen molar-refractivity contribution in [1.29, 1.82) is 0 Å². The first-order valence-electron chi connectivity index (χ1n) is 5.63. The Kier molecular flexibility index (Phi) is 4.81. The van der Waals surface area contributed by atoms with Gasteiger partial charge in [-0.15, -0.1) is 0 Å². The van der Waals surface area contributed by atoms with Crippen molar-refractivity contribution in [3.63, 3.8) is 0 Å². The Bertz CT molecular complexity index is 350. The molecule has 0 aliphatic heterocycles. The second-order valence-electron chi connectivity index (χ2n) is 4.55. The largest absolute Gasteiger partial charge is 0.489 e. The second-order valence-corrected chi connectivity index (χ2v) is 5.40. The van der Waals surface area contributed by atoms with Gasteiger partial charge in [-0.05, 0) is 53.4 Å². The summed E-state index contributed by atoms with van der Waals surface area (Å²) in [6.07, 6.45) is 0.206. The van der Waals surface area contributed by atoms with Crippen LogP contribution in [0.4, 0.5) is 0 Å². The minimum Gasteiger partial charge on any atom is -0.489 e. The third-order valence-electron chi connectivity index (χ3n) is 2.73. The zero-order valence-electron chi connectivity index (χ0n) is 10.3. The molecule has 16 heavy (non-hydrogen) atoms. The lowest BCUT2D eigenvalue weighted by Crippen LogP contribution is -2.18. The van der Waals surface area contributed by atoms with Crippen LogP contribution in [-0.2, 0) is 0 Å². The highest BCUT2D eigenvalue weighted by Crippen LogP contribution is 2.29. The first-order chi connectivity index (χ1) is 7.41. The molecule has 0 heterocycles. The van der Waals surface area contributed by atoms with E-state index < -0.39 is 0 Å². The van der Waals surface area contributed by atoms with Crippen LogP contribution < -0.4 is 10.5 Å². The molecular weight excluding hydrogens is 266 g/mol. The monoisotopic (exact) mass is 285 g/mol. The van der Waals surface area contributed by atoms with Gasteiger partial charge in [0, 0.05) is 6.04 Å². The van der Waals surface area contributed by atoms with E-state index in [0.717, 1.165) is 15.8 Å². The van der Waals surface area contributed by atoms with Crippen molar-refractivity contribution in [2.24, 2.45) is 11.7 Å². The Labute approximate surface area is 106 Å². The van der Waals surface area contributed by atoms with Crippen molar-refractivity contribution in [2.75, 3.05) is 0 Å². The van der Waals surface area contributed by atoms with E-state index in [0.29, 0.717) is 5.92 Å². The van der Waals surface area contributed by atoms with Crippen molar-refractivity contribution in [2.45, 2.75) is 39.8 Å². The predicted molar refractivity (Wildman–Crippen MR) is 71.7 cm³/mol. The third kappa shape index (κ3) is 3.49. The molecule has 3 heteroatoms. The Morgan fingerprint density at radius 1 is 1.19 bits per heavy atom. The van der Waals surface area contributed by atoms with E-state index in [1.54, 1.807) is 0 Å². The normalized spacial score (nSPS) is 14.9. The molecule has 1 unspecified atom stereocenters. The predicted octanol–water partition coefficient (Wildman–Crippen LogP) is 3.89. The zero-order valence-corrected chi connectivity index (χ0v) is 11.9. The van der Waals surface area contributed by atoms with Gasteiger partial charge in [0.15, 0.2) is 0 Å². The molecule has 2 atom stereocenters. The molecule has 2 N–H and O–H groups in total. The molecule has 90 valence electrons. The Hall–Kier alpha value is -0.540. The number of hydrogen-bond donors (Lipinski definition) is 1. The van der Waals surface area contributed by atoms with Gasteiger partial charge in [0.1, 0.15) is 5.75 Å². The summed E-state index contributed by atoms with van der Waals surface area (Å²) < 4.78 is 6.82. The molecule has 0 aliphatic carbocycles. The van der Waals surface area contributed by atoms with Gasteiger partial charge in [-0.2, -0.15) is 0 Å². The highest BCUT2D eigenvalue weighted by atomic mass is 79.9. The summed E-state index contributed by atoms with van der Waals surface area (Å²) >= 11 is 3.51. The van der Waals surface area contributed by atoms with Crippen molar-refractivity contribution in [3.8, 4) is 5.75 Å². The molecule has 0 amide bonds. The molecule has 0 saturated heterocycles. The van der Waals surface area contributed by atoms with Crippen LogP contribution in [-0.4, -0.2) is 6.10 Å². The first-order valence-corrected chi connectivity index (χ1v) is 6.42. The van der Waals surface area contributed by atoms with Gasteiger partial charge in [0.2, 0.25) is 0 Å². The smallest absolute Gasteiger partial charge is 0.133 e. The third-order valence-corrected chi connectivity index (χ3v) is 3.35. The maximum Gasteiger partial charge on any atom is 0.133 e. The SMILES string of the molecule is CC(C)C(C)Oc1ccc([C@H](C)N)cc1Br. The molecule has 1 aromatic rings. The van der Waals surface area contributed by atoms with Gasteiger partial charge >= 0.3 is 0 Å². The lowest BCUT2D eigenvalue weighted by atomic mass is 10.1. The van der Waals surface area contributed by atoms with E-state index in [4.69, 9.17) is 10.5 Å². The number of benzene rings is 1. The molecule has 0 fully saturated rings. The number of nitrogens with two attached hydrogens (primary N) is 1. The Morgan fingerprint density at radius 2 is 1.81 bits per heavy atom. The quantitative estimate of drug-likeness (QED) is 0.911. The first kappa shape index (κ1) is 13.5. The molecule has 0 radical (unpaired) electrons. The number of rotatable bonds is 4. The van der Waals surface area contributed by atoms with Crippen LogP contribution in [0.1, 0.15) is 39.3 Å². The zero-order chi connectivity index (χ0) is 12.3. The number of ether oxygens (including phenoxy) is 1. The summed E-state index contributed by atoms with van der Waals surface area (Å²) in [5.41, 5.74) is 6.93. The molecule has 2 nitrogen and oxygen atoms in total. The highest BCUT2D eigenvalue weighted by Gasteiger charge is 2.11. The molecule has 0 aromatic heterocycles. The van der Waals surface area contributed by atoms with Gasteiger partial charge in [-0.1, -0.05) is 19.9 Å². The second kappa shape index (κ2) is 5.69. The fraction of sp³-hybridized carbons (Fsp3) is 0.538. The van der Waals surface area contributed by atoms with Crippen molar-refractivity contribution >= 4 is 15.9 Å². The summed E-state index contributed by atoms with van der Waals surface area (Å²) in [6, 6.07) is 6.06. The van der Waals surface area contributed by atoms with Crippen LogP contribution in [0.15, 0.2) is 22.7 Å². The maximum atomic E-state index is 5.85. The van der Waals surface area contributed by atoms with Crippen LogP contribution in [0, 0.1) is 5.92 Å². The summed E-state index contributed by atoms with van der Waals surface area (Å²) in [5.74, 6) is 1.38. The van der Waals surface area contributed by atoms with Crippen LogP contribution >= 0.6 is 15.9 Å². The van der Waals surface area contributed by atoms with E-state index in [2.05, 4.69) is 36.7 Å². The van der Waals surface area contributed by atoms with Crippen molar-refractivity contribution in [3.05, 3.63) is 28.2 Å². The van der Waals surface area contributed by atoms with Gasteiger partial charge in [-0.3, -0.25) is 0 Å². The summed E-state index contributed by atoms with van der Waals surface area (Å²) in [7, 11) is 0. The van der Waals surface area contributed by atoms with Gasteiger partial charge < -0.3 is 10.5 Å². The molecule has 0 bridgehead atoms. The fourth-order valence-electron chi connectivity index (χ4n) is 1.23. The number of hydrogen-bond acceptors (Lipinski definition) is 2. The van der Waals surface area contributed by atoms with Crippen molar-refractivity contribution in [1.82, 2.24) is 0 Å². The highest BCUT2D eigenvalue weighted by molar-refractivity contribution is 9.10. The minimum absolute atomic E-state index is 0.0490. The van der Waals surface area contributed by atoms with E-state index in [1.807, 2.05) is 25.1 Å². The van der Waals surface area contributed by atoms with Crippen LogP contribution in [0.25, 0.3) is 0 Å². The number of halogens is 1. The van der Waals surface area contributed by atoms with E-state index in [1.165, 1.54) is 0 Å². The Balaban J connectivity index is 2.83. The molecule has 0 spiro atoms. The topological polar surface area (TPSA) is 35.2 Å². The average molecular weight is 286 g/mol. The van der Waals surface area contributed by atoms with Crippen LogP contribution in [0.3, 0.4) is 0 Å². The van der Waals surface area contributed by atoms with Crippen LogP contribution in [0.2, 0.25) is 0 Å². The molecule has 1 aromatic carbocycles. The van der Waals surface area contributed by atoms with Gasteiger partial charge in [0.25, 0.3) is 0 Å². The Morgan fingerprint density at radius 3 is 2.25 bits per heavy atom. The van der Waals surface area contributed by atoms with Gasteiger partial charge in [-0.25, -0.2) is 0 Å². The summed E-state index contributed by atoms with van der Waals surface area (Å²) in [6.45, 7) is 8.35. The molecule has 1 rings (SSSR count). The van der Waals surface area contributed by atoms with E-state index in [9.17, 15) is 0 Å². The molecule has 0 aliphatic rings. The maximum absolute atomic E-state index is 5.85. The fourth-order valence-corrected chi connectivity index (χ4v) is 1.72. The average Bonchev–Trinajstić information content (AvgIpc) is 2.20. The lowest BCUT2D eigenvalue weighted by Gasteiger charge is -2.19. The van der Waals surface area contributed by atoms with Crippen LogP contribution in [0.5, 0.6) is 5.75 Å². The molecule has 0 saturated carbocycles. The van der Waals surface area contributed by atoms with Gasteiger partial charge in [0.05, 0.1) is 10.6 Å². The van der Waals surface area contributed by atoms with E-state index >= 15 is 0 Å². The summed E-state index contributed by atoms with van der Waals surface area (Å²) in [4.78, 5) is 0. The molecular formula is C13H20BrNO. The standard InChI is InChI=1S/C13H20BrNO/c1-8(2)10(4)16-13-6-5-11(9(3)15)7-12(13)14/h5-10H,15H2,1-4H3/t9-,10?/m0/s1. The lowest BCUT2D eigenvalue weighted by molar-refractivity contribution is 0.169.